The fourth-order valence-corrected chi connectivity index (χ4v) is 4.04. The van der Waals surface area contributed by atoms with Crippen LogP contribution in [0, 0.1) is 0 Å². The Labute approximate surface area is 143 Å². The molecular weight excluding hydrogens is 296 g/mol. The van der Waals surface area contributed by atoms with Gasteiger partial charge in [0, 0.05) is 29.7 Å². The van der Waals surface area contributed by atoms with Crippen LogP contribution in [0.15, 0.2) is 54.7 Å². The van der Waals surface area contributed by atoms with Gasteiger partial charge in [-0.2, -0.15) is 0 Å². The van der Waals surface area contributed by atoms with Crippen LogP contribution in [0.4, 0.5) is 0 Å². The Morgan fingerprint density at radius 2 is 1.62 bits per heavy atom. The Morgan fingerprint density at radius 3 is 2.42 bits per heavy atom. The number of benzene rings is 2. The summed E-state index contributed by atoms with van der Waals surface area (Å²) in [6.45, 7) is 2.29. The van der Waals surface area contributed by atoms with Crippen LogP contribution in [-0.4, -0.2) is 29.7 Å². The normalized spacial score (nSPS) is 16.6. The Hall–Kier alpha value is -2.26. The third-order valence-electron chi connectivity index (χ3n) is 5.16. The lowest BCUT2D eigenvalue weighted by atomic mass is 9.96. The van der Waals surface area contributed by atoms with Crippen LogP contribution in [0.25, 0.3) is 10.9 Å². The molecule has 2 aromatic carbocycles. The van der Waals surface area contributed by atoms with E-state index in [1.807, 2.05) is 6.07 Å². The maximum Gasteiger partial charge on any atom is 0.123 e. The van der Waals surface area contributed by atoms with Crippen LogP contribution in [0.1, 0.15) is 30.0 Å². The van der Waals surface area contributed by atoms with Crippen molar-refractivity contribution in [2.75, 3.05) is 20.2 Å². The maximum atomic E-state index is 5.69. The van der Waals surface area contributed by atoms with E-state index in [1.165, 1.54) is 34.9 Å². The average molecular weight is 320 g/mol. The van der Waals surface area contributed by atoms with E-state index >= 15 is 0 Å². The fourth-order valence-electron chi connectivity index (χ4n) is 4.04. The quantitative estimate of drug-likeness (QED) is 0.710. The summed E-state index contributed by atoms with van der Waals surface area (Å²) in [6.07, 6.45) is 4.84. The Bertz CT molecular complexity index is 846. The monoisotopic (exact) mass is 320 g/mol. The number of likely N-dealkylation sites (tertiary alicyclic amines) is 1. The third kappa shape index (κ3) is 2.49. The molecule has 1 unspecified atom stereocenters. The van der Waals surface area contributed by atoms with E-state index in [2.05, 4.69) is 65.2 Å². The molecule has 2 heterocycles. The molecule has 24 heavy (non-hydrogen) atoms. The second-order valence-corrected chi connectivity index (χ2v) is 6.60. The summed E-state index contributed by atoms with van der Waals surface area (Å²) in [4.78, 5) is 2.60. The van der Waals surface area contributed by atoms with Crippen molar-refractivity contribution in [3.05, 3.63) is 65.9 Å². The van der Waals surface area contributed by atoms with Gasteiger partial charge >= 0.3 is 0 Å². The molecule has 3 heteroatoms. The van der Waals surface area contributed by atoms with Gasteiger partial charge in [0.2, 0.25) is 0 Å². The SMILES string of the molecule is COc1ccccc1C(c1cn(C)c2ccccc12)N1CCCC1. The second kappa shape index (κ2) is 6.33. The van der Waals surface area contributed by atoms with Gasteiger partial charge in [-0.3, -0.25) is 4.90 Å². The minimum Gasteiger partial charge on any atom is -0.496 e. The summed E-state index contributed by atoms with van der Waals surface area (Å²) < 4.78 is 7.93. The standard InChI is InChI=1S/C21H24N2O/c1-22-15-18(16-9-3-5-11-19(16)22)21(23-13-7-8-14-23)17-10-4-6-12-20(17)24-2/h3-6,9-12,15,21H,7-8,13-14H2,1-2H3. The number of rotatable bonds is 4. The summed E-state index contributed by atoms with van der Waals surface area (Å²) in [5.74, 6) is 0.974. The van der Waals surface area contributed by atoms with Crippen LogP contribution in [0.5, 0.6) is 5.75 Å². The van der Waals surface area contributed by atoms with Crippen molar-refractivity contribution in [3.8, 4) is 5.75 Å². The molecule has 0 spiro atoms. The van der Waals surface area contributed by atoms with Gasteiger partial charge in [-0.15, -0.1) is 0 Å². The lowest BCUT2D eigenvalue weighted by Crippen LogP contribution is -2.26. The molecule has 1 aliphatic rings. The molecule has 1 aromatic heterocycles. The Kier molecular flexibility index (Phi) is 4.03. The highest BCUT2D eigenvalue weighted by atomic mass is 16.5. The predicted octanol–water partition coefficient (Wildman–Crippen LogP) is 4.37. The first-order valence-electron chi connectivity index (χ1n) is 8.70. The zero-order valence-electron chi connectivity index (χ0n) is 14.4. The molecule has 0 saturated carbocycles. The van der Waals surface area contributed by atoms with E-state index < -0.39 is 0 Å². The number of para-hydroxylation sites is 2. The number of hydrogen-bond acceptors (Lipinski definition) is 2. The van der Waals surface area contributed by atoms with Gasteiger partial charge in [-0.1, -0.05) is 36.4 Å². The van der Waals surface area contributed by atoms with Crippen molar-refractivity contribution in [1.29, 1.82) is 0 Å². The molecule has 3 aromatic rings. The largest absolute Gasteiger partial charge is 0.496 e. The van der Waals surface area contributed by atoms with E-state index in [0.717, 1.165) is 18.8 Å². The highest BCUT2D eigenvalue weighted by Crippen LogP contribution is 2.39. The topological polar surface area (TPSA) is 17.4 Å². The molecule has 0 N–H and O–H groups in total. The zero-order valence-corrected chi connectivity index (χ0v) is 14.4. The van der Waals surface area contributed by atoms with Crippen LogP contribution in [-0.2, 0) is 7.05 Å². The summed E-state index contributed by atoms with van der Waals surface area (Å²) >= 11 is 0. The molecule has 124 valence electrons. The zero-order chi connectivity index (χ0) is 16.5. The summed E-state index contributed by atoms with van der Waals surface area (Å²) in [5, 5.41) is 1.34. The molecule has 3 nitrogen and oxygen atoms in total. The number of nitrogens with zero attached hydrogens (tertiary/aromatic N) is 2. The first-order chi connectivity index (χ1) is 11.8. The van der Waals surface area contributed by atoms with Crippen LogP contribution >= 0.6 is 0 Å². The molecule has 1 saturated heterocycles. The smallest absolute Gasteiger partial charge is 0.123 e. The number of aryl methyl sites for hydroxylation is 1. The summed E-state index contributed by atoms with van der Waals surface area (Å²) in [7, 11) is 3.90. The number of fused-ring (bicyclic) bond motifs is 1. The minimum atomic E-state index is 0.245. The van der Waals surface area contributed by atoms with Gasteiger partial charge in [0.1, 0.15) is 5.75 Å². The molecule has 0 aliphatic carbocycles. The third-order valence-corrected chi connectivity index (χ3v) is 5.16. The lowest BCUT2D eigenvalue weighted by molar-refractivity contribution is 0.275. The molecule has 0 bridgehead atoms. The molecular formula is C21H24N2O. The van der Waals surface area contributed by atoms with Crippen molar-refractivity contribution >= 4 is 10.9 Å². The molecule has 0 amide bonds. The van der Waals surface area contributed by atoms with E-state index in [9.17, 15) is 0 Å². The number of ether oxygens (including phenoxy) is 1. The van der Waals surface area contributed by atoms with Crippen molar-refractivity contribution in [3.63, 3.8) is 0 Å². The highest BCUT2D eigenvalue weighted by molar-refractivity contribution is 5.85. The first kappa shape index (κ1) is 15.3. The summed E-state index contributed by atoms with van der Waals surface area (Å²) in [5.41, 5.74) is 3.92. The van der Waals surface area contributed by atoms with Crippen molar-refractivity contribution in [2.45, 2.75) is 18.9 Å². The molecule has 1 aliphatic heterocycles. The minimum absolute atomic E-state index is 0.245. The Morgan fingerprint density at radius 1 is 0.917 bits per heavy atom. The van der Waals surface area contributed by atoms with Crippen LogP contribution in [0.3, 0.4) is 0 Å². The number of hydrogen-bond donors (Lipinski definition) is 0. The maximum absolute atomic E-state index is 5.69. The van der Waals surface area contributed by atoms with Crippen LogP contribution in [0.2, 0.25) is 0 Å². The predicted molar refractivity (Wildman–Crippen MR) is 98.6 cm³/mol. The molecule has 1 atom stereocenters. The first-order valence-corrected chi connectivity index (χ1v) is 8.70. The molecule has 4 rings (SSSR count). The van der Waals surface area contributed by atoms with Gasteiger partial charge in [0.25, 0.3) is 0 Å². The second-order valence-electron chi connectivity index (χ2n) is 6.60. The highest BCUT2D eigenvalue weighted by Gasteiger charge is 2.29. The van der Waals surface area contributed by atoms with E-state index in [1.54, 1.807) is 7.11 Å². The number of methoxy groups -OCH3 is 1. The molecule has 0 radical (unpaired) electrons. The lowest BCUT2D eigenvalue weighted by Gasteiger charge is -2.29. The van der Waals surface area contributed by atoms with Gasteiger partial charge < -0.3 is 9.30 Å². The fraction of sp³-hybridized carbons (Fsp3) is 0.333. The van der Waals surface area contributed by atoms with Gasteiger partial charge in [-0.05, 0) is 43.6 Å². The Balaban J connectivity index is 1.92. The average Bonchev–Trinajstić information content (AvgIpc) is 3.26. The van der Waals surface area contributed by atoms with Crippen molar-refractivity contribution in [1.82, 2.24) is 9.47 Å². The van der Waals surface area contributed by atoms with E-state index in [0.29, 0.717) is 0 Å². The van der Waals surface area contributed by atoms with E-state index in [-0.39, 0.29) is 6.04 Å². The molecule has 1 fully saturated rings. The van der Waals surface area contributed by atoms with E-state index in [4.69, 9.17) is 4.74 Å². The summed E-state index contributed by atoms with van der Waals surface area (Å²) in [6, 6.07) is 17.4. The van der Waals surface area contributed by atoms with Crippen molar-refractivity contribution < 1.29 is 4.74 Å². The number of aromatic nitrogens is 1. The van der Waals surface area contributed by atoms with Gasteiger partial charge in [-0.25, -0.2) is 0 Å². The van der Waals surface area contributed by atoms with Gasteiger partial charge in [0.15, 0.2) is 0 Å². The van der Waals surface area contributed by atoms with Crippen molar-refractivity contribution in [2.24, 2.45) is 7.05 Å². The van der Waals surface area contributed by atoms with Crippen LogP contribution < -0.4 is 4.74 Å². The van der Waals surface area contributed by atoms with Gasteiger partial charge in [0.05, 0.1) is 13.2 Å².